The van der Waals surface area contributed by atoms with Crippen LogP contribution in [0.2, 0.25) is 10.0 Å². The van der Waals surface area contributed by atoms with Gasteiger partial charge in [0.25, 0.3) is 0 Å². The highest BCUT2D eigenvalue weighted by Crippen LogP contribution is 2.48. The van der Waals surface area contributed by atoms with E-state index in [4.69, 9.17) is 34.7 Å². The zero-order chi connectivity index (χ0) is 21.8. The molecule has 0 radical (unpaired) electrons. The van der Waals surface area contributed by atoms with Gasteiger partial charge in [0.2, 0.25) is 0 Å². The van der Waals surface area contributed by atoms with Gasteiger partial charge in [-0.2, -0.15) is 0 Å². The van der Waals surface area contributed by atoms with E-state index in [1.807, 2.05) is 16.7 Å². The lowest BCUT2D eigenvalue weighted by Gasteiger charge is -2.38. The second-order valence-electron chi connectivity index (χ2n) is 6.88. The van der Waals surface area contributed by atoms with E-state index in [2.05, 4.69) is 4.99 Å². The highest BCUT2D eigenvalue weighted by molar-refractivity contribution is 8.04. The number of sulfone groups is 1. The van der Waals surface area contributed by atoms with Crippen molar-refractivity contribution in [2.45, 2.75) is 23.5 Å². The van der Waals surface area contributed by atoms with E-state index >= 15 is 0 Å². The average Bonchev–Trinajstić information content (AvgIpc) is 2.97. The summed E-state index contributed by atoms with van der Waals surface area (Å²) in [4.78, 5) is 8.55. The summed E-state index contributed by atoms with van der Waals surface area (Å²) in [6.45, 7) is 1.84. The van der Waals surface area contributed by atoms with Crippen LogP contribution in [0.1, 0.15) is 6.92 Å². The van der Waals surface area contributed by atoms with Gasteiger partial charge in [-0.3, -0.25) is 0 Å². The Balaban J connectivity index is 1.77. The first-order chi connectivity index (χ1) is 14.1. The summed E-state index contributed by atoms with van der Waals surface area (Å²) in [5.41, 5.74) is 14.5. The molecule has 4 N–H and O–H groups in total. The number of para-hydroxylation sites is 1. The van der Waals surface area contributed by atoms with E-state index in [9.17, 15) is 8.42 Å². The van der Waals surface area contributed by atoms with E-state index < -0.39 is 21.5 Å². The molecule has 2 aromatic carbocycles. The molecule has 11 heteroatoms. The van der Waals surface area contributed by atoms with Gasteiger partial charge in [0, 0.05) is 11.9 Å². The molecule has 158 valence electrons. The minimum absolute atomic E-state index is 0.231. The number of hydrogen-bond donors (Lipinski definition) is 2. The van der Waals surface area contributed by atoms with Gasteiger partial charge >= 0.3 is 0 Å². The van der Waals surface area contributed by atoms with Crippen LogP contribution >= 0.6 is 35.0 Å². The van der Waals surface area contributed by atoms with Crippen molar-refractivity contribution in [3.8, 4) is 0 Å². The van der Waals surface area contributed by atoms with Crippen molar-refractivity contribution in [3.63, 3.8) is 0 Å². The van der Waals surface area contributed by atoms with Crippen LogP contribution in [0.25, 0.3) is 0 Å². The highest BCUT2D eigenvalue weighted by Gasteiger charge is 2.42. The molecule has 0 fully saturated rings. The van der Waals surface area contributed by atoms with Crippen molar-refractivity contribution < 1.29 is 8.42 Å². The fraction of sp³-hybridized carbons (Fsp3) is 0.211. The van der Waals surface area contributed by atoms with Crippen LogP contribution < -0.4 is 21.3 Å². The number of nitrogens with zero attached hydrogens (tertiary/aromatic N) is 3. The fourth-order valence-corrected chi connectivity index (χ4v) is 5.80. The third kappa shape index (κ3) is 3.59. The summed E-state index contributed by atoms with van der Waals surface area (Å²) >= 11 is 14.2. The number of hydrogen-bond acceptors (Lipinski definition) is 8. The van der Waals surface area contributed by atoms with E-state index in [1.165, 1.54) is 18.0 Å². The number of nitrogens with two attached hydrogens (primary N) is 2. The summed E-state index contributed by atoms with van der Waals surface area (Å²) in [6.07, 6.45) is 0.538. The third-order valence-corrected chi connectivity index (χ3v) is 7.57. The number of rotatable bonds is 3. The summed E-state index contributed by atoms with van der Waals surface area (Å²) in [5.74, 6) is 0.667. The van der Waals surface area contributed by atoms with Gasteiger partial charge in [0.1, 0.15) is 22.5 Å². The van der Waals surface area contributed by atoms with Gasteiger partial charge in [-0.25, -0.2) is 13.4 Å². The largest absolute Gasteiger partial charge is 0.311 e. The molecule has 7 nitrogen and oxygen atoms in total. The predicted molar refractivity (Wildman–Crippen MR) is 125 cm³/mol. The van der Waals surface area contributed by atoms with Gasteiger partial charge in [-0.05, 0) is 43.3 Å². The first-order valence-corrected chi connectivity index (χ1v) is 12.4. The molecule has 0 aliphatic carbocycles. The summed E-state index contributed by atoms with van der Waals surface area (Å²) in [7, 11) is -3.30. The molecule has 0 saturated heterocycles. The summed E-state index contributed by atoms with van der Waals surface area (Å²) in [5, 5.41) is 1.61. The molecule has 2 atom stereocenters. The lowest BCUT2D eigenvalue weighted by atomic mass is 10.1. The molecular weight excluding hydrogens is 465 g/mol. The Morgan fingerprint density at radius 1 is 1.03 bits per heavy atom. The van der Waals surface area contributed by atoms with E-state index in [1.54, 1.807) is 42.5 Å². The molecule has 0 aromatic heterocycles. The molecule has 2 aromatic rings. The summed E-state index contributed by atoms with van der Waals surface area (Å²) in [6, 6.07) is 11.7. The topological polar surface area (TPSA) is 105 Å². The Morgan fingerprint density at radius 2 is 1.63 bits per heavy atom. The number of thioether (sulfide) groups is 1. The van der Waals surface area contributed by atoms with Crippen LogP contribution in [0.15, 0.2) is 63.1 Å². The molecule has 0 spiro atoms. The Kier molecular flexibility index (Phi) is 5.54. The van der Waals surface area contributed by atoms with Crippen LogP contribution in [-0.2, 0) is 9.84 Å². The first kappa shape index (κ1) is 21.5. The third-order valence-electron chi connectivity index (χ3n) is 4.86. The zero-order valence-electron chi connectivity index (χ0n) is 16.1. The molecule has 2 heterocycles. The molecule has 2 aliphatic heterocycles. The van der Waals surface area contributed by atoms with Crippen molar-refractivity contribution in [1.82, 2.24) is 0 Å². The molecule has 0 amide bonds. The van der Waals surface area contributed by atoms with Crippen LogP contribution in [0.5, 0.6) is 0 Å². The van der Waals surface area contributed by atoms with Crippen molar-refractivity contribution in [1.29, 1.82) is 0 Å². The van der Waals surface area contributed by atoms with Crippen molar-refractivity contribution in [2.24, 2.45) is 16.5 Å². The molecule has 0 saturated carbocycles. The maximum atomic E-state index is 11.8. The molecule has 2 unspecified atom stereocenters. The normalized spacial score (nSPS) is 21.7. The predicted octanol–water partition coefficient (Wildman–Crippen LogP) is 3.58. The zero-order valence-corrected chi connectivity index (χ0v) is 19.2. The lowest BCUT2D eigenvalue weighted by molar-refractivity contribution is 0.602. The van der Waals surface area contributed by atoms with Crippen molar-refractivity contribution >= 4 is 62.0 Å². The van der Waals surface area contributed by atoms with E-state index in [0.29, 0.717) is 38.0 Å². The van der Waals surface area contributed by atoms with Crippen LogP contribution in [-0.4, -0.2) is 32.2 Å². The average molecular weight is 484 g/mol. The number of amidine groups is 1. The van der Waals surface area contributed by atoms with Crippen LogP contribution in [0.3, 0.4) is 0 Å². The fourth-order valence-electron chi connectivity index (χ4n) is 3.51. The van der Waals surface area contributed by atoms with E-state index in [0.717, 1.165) is 0 Å². The summed E-state index contributed by atoms with van der Waals surface area (Å²) < 4.78 is 23.6. The molecular formula is C19H19Cl2N5O2S2. The lowest BCUT2D eigenvalue weighted by Crippen LogP contribution is -2.53. The second-order valence-corrected chi connectivity index (χ2v) is 10.8. The van der Waals surface area contributed by atoms with Gasteiger partial charge in [-0.1, -0.05) is 41.0 Å². The maximum absolute atomic E-state index is 11.8. The highest BCUT2D eigenvalue weighted by atomic mass is 35.5. The Bertz CT molecular complexity index is 1160. The maximum Gasteiger partial charge on any atom is 0.175 e. The molecule has 30 heavy (non-hydrogen) atoms. The quantitative estimate of drug-likeness (QED) is 0.686. The number of aliphatic imine (C=N–C) groups is 1. The molecule has 4 rings (SSSR count). The van der Waals surface area contributed by atoms with Crippen molar-refractivity contribution in [3.05, 3.63) is 63.2 Å². The Hall–Kier alpha value is -1.75. The Morgan fingerprint density at radius 3 is 2.20 bits per heavy atom. The minimum Gasteiger partial charge on any atom is -0.311 e. The van der Waals surface area contributed by atoms with Crippen LogP contribution in [0, 0.1) is 0 Å². The number of halogens is 2. The van der Waals surface area contributed by atoms with E-state index in [-0.39, 0.29) is 4.90 Å². The monoisotopic (exact) mass is 483 g/mol. The smallest absolute Gasteiger partial charge is 0.175 e. The molecule has 0 bridgehead atoms. The van der Waals surface area contributed by atoms with Gasteiger partial charge in [-0.15, -0.1) is 0 Å². The Labute approximate surface area is 189 Å². The second kappa shape index (κ2) is 7.74. The SMILES string of the molecule is CC1=NC2=C(C(N)N1c1ccc(S(C)(=O)=O)cc1)N(c1c(Cl)cccc1Cl)C(N)S2. The number of anilines is 2. The van der Waals surface area contributed by atoms with Gasteiger partial charge in [0.15, 0.2) is 9.84 Å². The molecule has 2 aliphatic rings. The number of benzene rings is 2. The van der Waals surface area contributed by atoms with Gasteiger partial charge < -0.3 is 21.3 Å². The van der Waals surface area contributed by atoms with Crippen molar-refractivity contribution in [2.75, 3.05) is 16.1 Å². The van der Waals surface area contributed by atoms with Crippen LogP contribution in [0.4, 0.5) is 11.4 Å². The van der Waals surface area contributed by atoms with Gasteiger partial charge in [0.05, 0.1) is 26.3 Å². The minimum atomic E-state index is -3.30. The standard InChI is InChI=1S/C19H19Cl2N5O2S2/c1-10-24-18-16(26(19(23)29-18)15-13(20)4-3-5-14(15)21)17(22)25(10)11-6-8-12(9-7-11)30(2,27)28/h3-9,17,19H,22-23H2,1-2H3. The first-order valence-electron chi connectivity index (χ1n) is 8.89.